The van der Waals surface area contributed by atoms with Gasteiger partial charge in [0.25, 0.3) is 5.69 Å². The summed E-state index contributed by atoms with van der Waals surface area (Å²) in [7, 11) is 1.46. The molecule has 1 atom stereocenters. The number of hydrogen-bond acceptors (Lipinski definition) is 6. The highest BCUT2D eigenvalue weighted by molar-refractivity contribution is 5.66. The highest BCUT2D eigenvalue weighted by Gasteiger charge is 2.28. The van der Waals surface area contributed by atoms with Gasteiger partial charge in [0.05, 0.1) is 44.0 Å². The summed E-state index contributed by atoms with van der Waals surface area (Å²) in [5.41, 5.74) is 0.452. The lowest BCUT2D eigenvalue weighted by Gasteiger charge is -2.35. The van der Waals surface area contributed by atoms with E-state index in [1.807, 2.05) is 0 Å². The van der Waals surface area contributed by atoms with Gasteiger partial charge in [-0.05, 0) is 12.1 Å². The number of hydrogen-bond donors (Lipinski definition) is 1. The molecule has 104 valence electrons. The average molecular weight is 268 g/mol. The van der Waals surface area contributed by atoms with Gasteiger partial charge in [-0.3, -0.25) is 10.1 Å². The van der Waals surface area contributed by atoms with Crippen molar-refractivity contribution in [1.82, 2.24) is 0 Å². The van der Waals surface area contributed by atoms with Crippen LogP contribution >= 0.6 is 0 Å². The number of ether oxygens (including phenoxy) is 2. The second-order valence-electron chi connectivity index (χ2n) is 4.22. The molecule has 2 rings (SSSR count). The predicted molar refractivity (Wildman–Crippen MR) is 68.7 cm³/mol. The topological polar surface area (TPSA) is 85.1 Å². The number of nitro benzene ring substituents is 1. The van der Waals surface area contributed by atoms with Crippen LogP contribution in [0.3, 0.4) is 0 Å². The summed E-state index contributed by atoms with van der Waals surface area (Å²) >= 11 is 0. The molecule has 7 heteroatoms. The van der Waals surface area contributed by atoms with Crippen molar-refractivity contribution in [3.05, 3.63) is 28.3 Å². The molecular weight excluding hydrogens is 252 g/mol. The van der Waals surface area contributed by atoms with Gasteiger partial charge in [0.2, 0.25) is 0 Å². The highest BCUT2D eigenvalue weighted by Crippen LogP contribution is 2.33. The van der Waals surface area contributed by atoms with E-state index in [1.54, 1.807) is 17.0 Å². The second-order valence-corrected chi connectivity index (χ2v) is 4.22. The van der Waals surface area contributed by atoms with Crippen molar-refractivity contribution < 1.29 is 19.5 Å². The van der Waals surface area contributed by atoms with Crippen LogP contribution in [0.1, 0.15) is 0 Å². The van der Waals surface area contributed by atoms with Gasteiger partial charge < -0.3 is 19.5 Å². The van der Waals surface area contributed by atoms with Gasteiger partial charge in [-0.1, -0.05) is 0 Å². The Morgan fingerprint density at radius 2 is 2.42 bits per heavy atom. The van der Waals surface area contributed by atoms with E-state index in [0.29, 0.717) is 31.2 Å². The Hall–Kier alpha value is -1.86. The minimum absolute atomic E-state index is 0.0281. The molecule has 0 saturated carbocycles. The molecule has 0 spiro atoms. The maximum absolute atomic E-state index is 11.2. The average Bonchev–Trinajstić information content (AvgIpc) is 2.46. The number of morpholine rings is 1. The third-order valence-corrected chi connectivity index (χ3v) is 3.13. The van der Waals surface area contributed by atoms with Gasteiger partial charge in [0.1, 0.15) is 11.4 Å². The van der Waals surface area contributed by atoms with Crippen LogP contribution in [-0.4, -0.2) is 49.5 Å². The van der Waals surface area contributed by atoms with E-state index >= 15 is 0 Å². The van der Waals surface area contributed by atoms with Crippen molar-refractivity contribution in [3.8, 4) is 5.75 Å². The quantitative estimate of drug-likeness (QED) is 0.642. The van der Waals surface area contributed by atoms with Gasteiger partial charge in [-0.2, -0.15) is 0 Å². The summed E-state index contributed by atoms with van der Waals surface area (Å²) in [6, 6.07) is 4.44. The molecule has 1 aliphatic rings. The fourth-order valence-electron chi connectivity index (χ4n) is 2.14. The van der Waals surface area contributed by atoms with E-state index in [0.717, 1.165) is 0 Å². The van der Waals surface area contributed by atoms with Crippen molar-refractivity contribution in [2.24, 2.45) is 0 Å². The zero-order chi connectivity index (χ0) is 13.8. The number of aliphatic hydroxyl groups excluding tert-OH is 1. The van der Waals surface area contributed by atoms with E-state index in [2.05, 4.69) is 0 Å². The van der Waals surface area contributed by atoms with Crippen LogP contribution in [-0.2, 0) is 4.74 Å². The number of anilines is 1. The van der Waals surface area contributed by atoms with E-state index in [4.69, 9.17) is 9.47 Å². The minimum Gasteiger partial charge on any atom is -0.496 e. The number of nitro groups is 1. The first-order chi connectivity index (χ1) is 9.17. The number of benzene rings is 1. The monoisotopic (exact) mass is 268 g/mol. The van der Waals surface area contributed by atoms with Crippen molar-refractivity contribution in [3.63, 3.8) is 0 Å². The molecule has 1 N–H and O–H groups in total. The third kappa shape index (κ3) is 2.77. The lowest BCUT2D eigenvalue weighted by atomic mass is 10.1. The van der Waals surface area contributed by atoms with E-state index in [-0.39, 0.29) is 18.3 Å². The summed E-state index contributed by atoms with van der Waals surface area (Å²) in [5, 5.41) is 20.5. The highest BCUT2D eigenvalue weighted by atomic mass is 16.6. The zero-order valence-corrected chi connectivity index (χ0v) is 10.6. The van der Waals surface area contributed by atoms with Gasteiger partial charge >= 0.3 is 0 Å². The fourth-order valence-corrected chi connectivity index (χ4v) is 2.14. The molecule has 19 heavy (non-hydrogen) atoms. The van der Waals surface area contributed by atoms with E-state index < -0.39 is 4.92 Å². The summed E-state index contributed by atoms with van der Waals surface area (Å²) in [6.07, 6.45) is 0. The molecule has 0 aliphatic carbocycles. The number of methoxy groups -OCH3 is 1. The maximum Gasteiger partial charge on any atom is 0.296 e. The standard InChI is InChI=1S/C12H16N2O5/c1-18-10-2-3-11(12(6-10)14(16)17)13-4-5-19-8-9(13)7-15/h2-3,6,9,15H,4-5,7-8H2,1H3. The lowest BCUT2D eigenvalue weighted by molar-refractivity contribution is -0.384. The van der Waals surface area contributed by atoms with Crippen LogP contribution in [0.5, 0.6) is 5.75 Å². The molecular formula is C12H16N2O5. The molecule has 1 fully saturated rings. The Bertz CT molecular complexity index is 465. The van der Waals surface area contributed by atoms with Gasteiger partial charge in [-0.25, -0.2) is 0 Å². The van der Waals surface area contributed by atoms with Gasteiger partial charge in [0, 0.05) is 6.54 Å². The summed E-state index contributed by atoms with van der Waals surface area (Å²) in [6.45, 7) is 1.25. The Balaban J connectivity index is 2.39. The van der Waals surface area contributed by atoms with Crippen LogP contribution in [0.2, 0.25) is 0 Å². The van der Waals surface area contributed by atoms with Crippen LogP contribution in [0.15, 0.2) is 18.2 Å². The molecule has 1 aromatic rings. The summed E-state index contributed by atoms with van der Waals surface area (Å²) in [4.78, 5) is 12.5. The van der Waals surface area contributed by atoms with E-state index in [9.17, 15) is 15.2 Å². The molecule has 1 unspecified atom stereocenters. The van der Waals surface area contributed by atoms with Crippen molar-refractivity contribution in [1.29, 1.82) is 0 Å². The van der Waals surface area contributed by atoms with Gasteiger partial charge in [0.15, 0.2) is 0 Å². The molecule has 7 nitrogen and oxygen atoms in total. The normalized spacial score (nSPS) is 19.3. The van der Waals surface area contributed by atoms with Crippen LogP contribution in [0.4, 0.5) is 11.4 Å². The Labute approximate surface area is 110 Å². The Morgan fingerprint density at radius 1 is 1.63 bits per heavy atom. The predicted octanol–water partition coefficient (Wildman–Crippen LogP) is 0.801. The lowest BCUT2D eigenvalue weighted by Crippen LogP contribution is -2.47. The van der Waals surface area contributed by atoms with Gasteiger partial charge in [-0.15, -0.1) is 0 Å². The Kier molecular flexibility index (Phi) is 4.18. The molecule has 1 heterocycles. The first kappa shape index (κ1) is 13.6. The van der Waals surface area contributed by atoms with Crippen molar-refractivity contribution in [2.45, 2.75) is 6.04 Å². The largest absolute Gasteiger partial charge is 0.496 e. The van der Waals surface area contributed by atoms with Crippen LogP contribution < -0.4 is 9.64 Å². The molecule has 0 bridgehead atoms. The molecule has 1 aromatic carbocycles. The number of rotatable bonds is 4. The summed E-state index contributed by atoms with van der Waals surface area (Å²) < 4.78 is 10.3. The smallest absolute Gasteiger partial charge is 0.296 e. The Morgan fingerprint density at radius 3 is 3.05 bits per heavy atom. The second kappa shape index (κ2) is 5.85. The minimum atomic E-state index is -0.443. The third-order valence-electron chi connectivity index (χ3n) is 3.13. The fraction of sp³-hybridized carbons (Fsp3) is 0.500. The first-order valence-corrected chi connectivity index (χ1v) is 5.95. The van der Waals surface area contributed by atoms with Crippen LogP contribution in [0.25, 0.3) is 0 Å². The van der Waals surface area contributed by atoms with Crippen LogP contribution in [0, 0.1) is 10.1 Å². The first-order valence-electron chi connectivity index (χ1n) is 5.95. The molecule has 1 aliphatic heterocycles. The molecule has 0 amide bonds. The van der Waals surface area contributed by atoms with Crippen molar-refractivity contribution in [2.75, 3.05) is 38.4 Å². The number of nitrogens with zero attached hydrogens (tertiary/aromatic N) is 2. The molecule has 1 saturated heterocycles. The SMILES string of the molecule is COc1ccc(N2CCOCC2CO)c([N+](=O)[O-])c1. The molecule has 0 radical (unpaired) electrons. The summed E-state index contributed by atoms with van der Waals surface area (Å²) in [5.74, 6) is 0.434. The van der Waals surface area contributed by atoms with Crippen molar-refractivity contribution >= 4 is 11.4 Å². The molecule has 0 aromatic heterocycles. The zero-order valence-electron chi connectivity index (χ0n) is 10.6. The number of aliphatic hydroxyl groups is 1. The maximum atomic E-state index is 11.2. The van der Waals surface area contributed by atoms with E-state index in [1.165, 1.54) is 13.2 Å².